The van der Waals surface area contributed by atoms with Crippen LogP contribution in [0.15, 0.2) is 17.1 Å². The lowest BCUT2D eigenvalue weighted by Gasteiger charge is -2.15. The molecule has 5 heteroatoms. The van der Waals surface area contributed by atoms with Crippen LogP contribution in [0.5, 0.6) is 0 Å². The number of hydrogen-bond acceptors (Lipinski definition) is 3. The van der Waals surface area contributed by atoms with Crippen LogP contribution in [-0.2, 0) is 0 Å². The highest BCUT2D eigenvalue weighted by Gasteiger charge is 2.15. The molecule has 0 aromatic carbocycles. The second-order valence-electron chi connectivity index (χ2n) is 3.81. The maximum atomic E-state index is 11.6. The molecule has 1 unspecified atom stereocenters. The zero-order valence-electron chi connectivity index (χ0n) is 8.45. The monoisotopic (exact) mass is 227 g/mol. The Hall–Kier alpha value is -0.870. The van der Waals surface area contributed by atoms with Crippen LogP contribution in [0.3, 0.4) is 0 Å². The SMILES string of the molecule is O=c1cc(Cl)cnn1C1CCCCNC1. The molecule has 1 aliphatic heterocycles. The van der Waals surface area contributed by atoms with Crippen molar-refractivity contribution >= 4 is 11.6 Å². The van der Waals surface area contributed by atoms with E-state index in [1.165, 1.54) is 23.4 Å². The summed E-state index contributed by atoms with van der Waals surface area (Å²) >= 11 is 5.70. The van der Waals surface area contributed by atoms with Crippen molar-refractivity contribution < 1.29 is 0 Å². The van der Waals surface area contributed by atoms with Crippen molar-refractivity contribution in [2.75, 3.05) is 13.1 Å². The molecule has 2 heterocycles. The Morgan fingerprint density at radius 1 is 1.53 bits per heavy atom. The van der Waals surface area contributed by atoms with E-state index in [2.05, 4.69) is 10.4 Å². The number of halogens is 1. The zero-order chi connectivity index (χ0) is 10.7. The van der Waals surface area contributed by atoms with Gasteiger partial charge in [0.2, 0.25) is 0 Å². The smallest absolute Gasteiger partial charge is 0.268 e. The van der Waals surface area contributed by atoms with Crippen LogP contribution in [0, 0.1) is 0 Å². The number of rotatable bonds is 1. The van der Waals surface area contributed by atoms with Crippen LogP contribution in [-0.4, -0.2) is 22.9 Å². The first-order valence-corrected chi connectivity index (χ1v) is 5.60. The third kappa shape index (κ3) is 2.58. The van der Waals surface area contributed by atoms with Gasteiger partial charge >= 0.3 is 0 Å². The summed E-state index contributed by atoms with van der Waals surface area (Å²) < 4.78 is 1.53. The van der Waals surface area contributed by atoms with Gasteiger partial charge in [-0.3, -0.25) is 4.79 Å². The van der Waals surface area contributed by atoms with E-state index in [1.807, 2.05) is 0 Å². The topological polar surface area (TPSA) is 46.9 Å². The predicted molar refractivity (Wildman–Crippen MR) is 59.3 cm³/mol. The first-order chi connectivity index (χ1) is 7.27. The number of nitrogens with one attached hydrogen (secondary N) is 1. The lowest BCUT2D eigenvalue weighted by molar-refractivity contribution is 0.403. The Kier molecular flexibility index (Phi) is 3.38. The van der Waals surface area contributed by atoms with Gasteiger partial charge in [-0.1, -0.05) is 18.0 Å². The van der Waals surface area contributed by atoms with Gasteiger partial charge < -0.3 is 5.32 Å². The van der Waals surface area contributed by atoms with Crippen molar-refractivity contribution in [3.63, 3.8) is 0 Å². The normalized spacial score (nSPS) is 22.3. The molecule has 15 heavy (non-hydrogen) atoms. The predicted octanol–water partition coefficient (Wildman–Crippen LogP) is 1.21. The van der Waals surface area contributed by atoms with Gasteiger partial charge in [0.15, 0.2) is 0 Å². The number of hydrogen-bond donors (Lipinski definition) is 1. The highest BCUT2D eigenvalue weighted by molar-refractivity contribution is 6.30. The van der Waals surface area contributed by atoms with Crippen LogP contribution in [0.2, 0.25) is 5.02 Å². The molecule has 0 saturated carbocycles. The fraction of sp³-hybridized carbons (Fsp3) is 0.600. The third-order valence-corrected chi connectivity index (χ3v) is 2.87. The maximum absolute atomic E-state index is 11.6. The fourth-order valence-corrected chi connectivity index (χ4v) is 2.02. The lowest BCUT2D eigenvalue weighted by atomic mass is 10.1. The van der Waals surface area contributed by atoms with Gasteiger partial charge in [-0.25, -0.2) is 4.68 Å². The van der Waals surface area contributed by atoms with E-state index >= 15 is 0 Å². The van der Waals surface area contributed by atoms with Crippen LogP contribution >= 0.6 is 11.6 Å². The quantitative estimate of drug-likeness (QED) is 0.785. The summed E-state index contributed by atoms with van der Waals surface area (Å²) in [7, 11) is 0. The summed E-state index contributed by atoms with van der Waals surface area (Å²) in [5.41, 5.74) is -0.115. The highest BCUT2D eigenvalue weighted by Crippen LogP contribution is 2.14. The van der Waals surface area contributed by atoms with Crippen LogP contribution in [0.1, 0.15) is 25.3 Å². The second kappa shape index (κ2) is 4.77. The van der Waals surface area contributed by atoms with Gasteiger partial charge in [0.1, 0.15) is 0 Å². The van der Waals surface area contributed by atoms with Gasteiger partial charge in [-0.05, 0) is 19.4 Å². The van der Waals surface area contributed by atoms with E-state index < -0.39 is 0 Å². The maximum Gasteiger partial charge on any atom is 0.268 e. The minimum atomic E-state index is -0.115. The van der Waals surface area contributed by atoms with Gasteiger partial charge in [-0.15, -0.1) is 0 Å². The van der Waals surface area contributed by atoms with E-state index in [4.69, 9.17) is 11.6 Å². The Balaban J connectivity index is 2.23. The average Bonchev–Trinajstić information content (AvgIpc) is 2.46. The molecule has 82 valence electrons. The Morgan fingerprint density at radius 2 is 2.40 bits per heavy atom. The lowest BCUT2D eigenvalue weighted by Crippen LogP contribution is -2.32. The fourth-order valence-electron chi connectivity index (χ4n) is 1.88. The minimum Gasteiger partial charge on any atom is -0.315 e. The molecular weight excluding hydrogens is 214 g/mol. The van der Waals surface area contributed by atoms with Crippen LogP contribution < -0.4 is 10.9 Å². The molecule has 1 fully saturated rings. The number of nitrogens with zero attached hydrogens (tertiary/aromatic N) is 2. The van der Waals surface area contributed by atoms with Crippen molar-refractivity contribution in [1.82, 2.24) is 15.1 Å². The molecule has 0 amide bonds. The van der Waals surface area contributed by atoms with E-state index in [-0.39, 0.29) is 11.6 Å². The number of aromatic nitrogens is 2. The molecule has 0 aliphatic carbocycles. The first kappa shape index (κ1) is 10.6. The summed E-state index contributed by atoms with van der Waals surface area (Å²) in [6.07, 6.45) is 4.82. The molecule has 0 bridgehead atoms. The summed E-state index contributed by atoms with van der Waals surface area (Å²) in [5, 5.41) is 7.78. The standard InChI is InChI=1S/C10H14ClN3O/c11-8-5-10(15)14(13-6-8)9-3-1-2-4-12-7-9/h5-6,9,12H,1-4,7H2. The van der Waals surface area contributed by atoms with E-state index in [1.54, 1.807) is 0 Å². The highest BCUT2D eigenvalue weighted by atomic mass is 35.5. The zero-order valence-corrected chi connectivity index (χ0v) is 9.20. The van der Waals surface area contributed by atoms with E-state index in [9.17, 15) is 4.79 Å². The average molecular weight is 228 g/mol. The molecule has 1 aliphatic rings. The first-order valence-electron chi connectivity index (χ1n) is 5.22. The van der Waals surface area contributed by atoms with Crippen molar-refractivity contribution in [2.45, 2.75) is 25.3 Å². The Labute approximate surface area is 93.2 Å². The molecule has 1 atom stereocenters. The molecule has 1 aromatic heterocycles. The van der Waals surface area contributed by atoms with Gasteiger partial charge in [-0.2, -0.15) is 5.10 Å². The molecule has 0 spiro atoms. The van der Waals surface area contributed by atoms with Crippen LogP contribution in [0.25, 0.3) is 0 Å². The van der Waals surface area contributed by atoms with Crippen molar-refractivity contribution in [3.8, 4) is 0 Å². The van der Waals surface area contributed by atoms with Crippen molar-refractivity contribution in [3.05, 3.63) is 27.6 Å². The Bertz CT molecular complexity index is 382. The summed E-state index contributed by atoms with van der Waals surface area (Å²) in [6.45, 7) is 1.84. The molecule has 1 aromatic rings. The van der Waals surface area contributed by atoms with Crippen molar-refractivity contribution in [2.24, 2.45) is 0 Å². The van der Waals surface area contributed by atoms with Crippen LogP contribution in [0.4, 0.5) is 0 Å². The largest absolute Gasteiger partial charge is 0.315 e. The van der Waals surface area contributed by atoms with Gasteiger partial charge in [0, 0.05) is 12.6 Å². The molecule has 0 radical (unpaired) electrons. The minimum absolute atomic E-state index is 0.115. The second-order valence-corrected chi connectivity index (χ2v) is 4.25. The summed E-state index contributed by atoms with van der Waals surface area (Å²) in [5.74, 6) is 0. The summed E-state index contributed by atoms with van der Waals surface area (Å²) in [4.78, 5) is 11.6. The molecule has 1 saturated heterocycles. The third-order valence-electron chi connectivity index (χ3n) is 2.66. The van der Waals surface area contributed by atoms with Gasteiger partial charge in [0.25, 0.3) is 5.56 Å². The molecule has 4 nitrogen and oxygen atoms in total. The van der Waals surface area contributed by atoms with Gasteiger partial charge in [0.05, 0.1) is 17.3 Å². The van der Waals surface area contributed by atoms with E-state index in [0.29, 0.717) is 5.02 Å². The molecule has 1 N–H and O–H groups in total. The van der Waals surface area contributed by atoms with Crippen molar-refractivity contribution in [1.29, 1.82) is 0 Å². The molecular formula is C10H14ClN3O. The Morgan fingerprint density at radius 3 is 3.20 bits per heavy atom. The summed E-state index contributed by atoms with van der Waals surface area (Å²) in [6, 6.07) is 1.58. The molecule has 2 rings (SSSR count). The van der Waals surface area contributed by atoms with E-state index in [0.717, 1.165) is 25.9 Å².